The average Bonchev–Trinajstić information content (AvgIpc) is 2.51. The number of carbonyl (C=O) groups excluding carboxylic acids is 1. The van der Waals surface area contributed by atoms with E-state index < -0.39 is 5.97 Å². The molecule has 5 heteroatoms. The minimum absolute atomic E-state index is 0.360. The molecule has 0 aliphatic heterocycles. The van der Waals surface area contributed by atoms with Crippen molar-refractivity contribution >= 4 is 5.97 Å². The summed E-state index contributed by atoms with van der Waals surface area (Å²) in [6, 6.07) is 0. The molecule has 0 amide bonds. The van der Waals surface area contributed by atoms with Crippen molar-refractivity contribution in [1.82, 2.24) is 4.57 Å². The highest BCUT2D eigenvalue weighted by Crippen LogP contribution is 2.07. The Morgan fingerprint density at radius 3 is 2.53 bits per heavy atom. The van der Waals surface area contributed by atoms with Crippen molar-refractivity contribution in [1.29, 1.82) is 0 Å². The molecular weight excluding hydrogens is 196 g/mol. The van der Waals surface area contributed by atoms with Gasteiger partial charge in [0, 0.05) is 12.4 Å². The molecule has 0 saturated heterocycles. The van der Waals surface area contributed by atoms with Crippen molar-refractivity contribution in [2.45, 2.75) is 32.9 Å². The van der Waals surface area contributed by atoms with Crippen LogP contribution in [-0.4, -0.2) is 15.6 Å². The number of nitrogens with zero attached hydrogens (tertiary/aromatic N) is 2. The third-order valence-electron chi connectivity index (χ3n) is 1.68. The van der Waals surface area contributed by atoms with Crippen LogP contribution in [0.4, 0.5) is 0 Å². The van der Waals surface area contributed by atoms with Crippen molar-refractivity contribution in [3.8, 4) is 0 Å². The number of aliphatic carboxylic acids is 1. The smallest absolute Gasteiger partial charge is 0.245 e. The SMILES string of the molecule is CC(=O)[O-].CCCC(O)n1cc[n+](C)c1. The number of aliphatic hydroxyl groups excluding tert-OH is 1. The first-order valence-corrected chi connectivity index (χ1v) is 4.85. The highest BCUT2D eigenvalue weighted by molar-refractivity contribution is 5.60. The van der Waals surface area contributed by atoms with Gasteiger partial charge < -0.3 is 15.0 Å². The molecule has 0 saturated carbocycles. The maximum Gasteiger partial charge on any atom is 0.245 e. The fraction of sp³-hybridized carbons (Fsp3) is 0.600. The number of aromatic nitrogens is 2. The number of carboxylic acid groups (broad SMARTS) is 1. The van der Waals surface area contributed by atoms with E-state index in [0.29, 0.717) is 0 Å². The fourth-order valence-electron chi connectivity index (χ4n) is 1.05. The Morgan fingerprint density at radius 2 is 2.20 bits per heavy atom. The highest BCUT2D eigenvalue weighted by atomic mass is 16.4. The van der Waals surface area contributed by atoms with Crippen molar-refractivity contribution in [2.24, 2.45) is 7.05 Å². The Hall–Kier alpha value is -1.36. The summed E-state index contributed by atoms with van der Waals surface area (Å²) in [7, 11) is 1.94. The minimum atomic E-state index is -1.08. The first kappa shape index (κ1) is 13.6. The van der Waals surface area contributed by atoms with Gasteiger partial charge in [-0.05, 0) is 13.3 Å². The van der Waals surface area contributed by atoms with Crippen LogP contribution in [0.25, 0.3) is 0 Å². The van der Waals surface area contributed by atoms with Gasteiger partial charge in [0.2, 0.25) is 6.33 Å². The molecule has 1 rings (SSSR count). The van der Waals surface area contributed by atoms with E-state index in [1.807, 2.05) is 34.9 Å². The molecule has 1 heterocycles. The van der Waals surface area contributed by atoms with Gasteiger partial charge >= 0.3 is 0 Å². The standard InChI is InChI=1S/C8H15N2O.C2H4O2/c1-3-4-8(11)10-6-5-9(2)7-10;1-2(3)4/h5-8,11H,3-4H2,1-2H3;1H3,(H,3,4)/q+1;/p-1. The van der Waals surface area contributed by atoms with E-state index in [1.165, 1.54) is 0 Å². The Labute approximate surface area is 89.6 Å². The Bertz CT molecular complexity index is 293. The Morgan fingerprint density at radius 1 is 1.67 bits per heavy atom. The molecule has 0 radical (unpaired) electrons. The number of aryl methyl sites for hydroxylation is 1. The summed E-state index contributed by atoms with van der Waals surface area (Å²) < 4.78 is 3.72. The van der Waals surface area contributed by atoms with E-state index in [2.05, 4.69) is 6.92 Å². The molecule has 0 aliphatic carbocycles. The van der Waals surface area contributed by atoms with E-state index in [0.717, 1.165) is 19.8 Å². The molecule has 5 nitrogen and oxygen atoms in total. The van der Waals surface area contributed by atoms with E-state index in [4.69, 9.17) is 9.90 Å². The molecule has 0 fully saturated rings. The molecule has 15 heavy (non-hydrogen) atoms. The van der Waals surface area contributed by atoms with Crippen molar-refractivity contribution in [3.05, 3.63) is 18.7 Å². The molecule has 1 N–H and O–H groups in total. The van der Waals surface area contributed by atoms with E-state index in [9.17, 15) is 5.11 Å². The van der Waals surface area contributed by atoms with Gasteiger partial charge in [0.05, 0.1) is 7.05 Å². The van der Waals surface area contributed by atoms with Crippen LogP contribution in [0.3, 0.4) is 0 Å². The van der Waals surface area contributed by atoms with Gasteiger partial charge in [-0.1, -0.05) is 6.92 Å². The van der Waals surface area contributed by atoms with Gasteiger partial charge in [-0.25, -0.2) is 9.13 Å². The van der Waals surface area contributed by atoms with Crippen LogP contribution in [0.5, 0.6) is 0 Å². The van der Waals surface area contributed by atoms with Gasteiger partial charge in [-0.3, -0.25) is 0 Å². The summed E-state index contributed by atoms with van der Waals surface area (Å²) in [6.45, 7) is 3.03. The van der Waals surface area contributed by atoms with Gasteiger partial charge in [-0.15, -0.1) is 0 Å². The number of carbonyl (C=O) groups is 1. The van der Waals surface area contributed by atoms with Crippen LogP contribution < -0.4 is 9.67 Å². The van der Waals surface area contributed by atoms with E-state index in [1.54, 1.807) is 0 Å². The molecule has 1 unspecified atom stereocenters. The van der Waals surface area contributed by atoms with Gasteiger partial charge in [0.25, 0.3) is 0 Å². The van der Waals surface area contributed by atoms with Gasteiger partial charge in [-0.2, -0.15) is 0 Å². The normalized spacial score (nSPS) is 11.5. The average molecular weight is 214 g/mol. The second-order valence-corrected chi connectivity index (χ2v) is 3.29. The lowest BCUT2D eigenvalue weighted by Gasteiger charge is -2.02. The Kier molecular flexibility index (Phi) is 6.37. The topological polar surface area (TPSA) is 69.2 Å². The molecule has 0 aromatic carbocycles. The van der Waals surface area contributed by atoms with Crippen LogP contribution in [0, 0.1) is 0 Å². The zero-order valence-corrected chi connectivity index (χ0v) is 9.38. The predicted octanol–water partition coefficient (Wildman–Crippen LogP) is -0.640. The number of rotatable bonds is 3. The maximum absolute atomic E-state index is 9.48. The lowest BCUT2D eigenvalue weighted by Crippen LogP contribution is -2.24. The zero-order valence-electron chi connectivity index (χ0n) is 9.38. The molecular formula is C10H18N2O3. The molecule has 1 aromatic rings. The van der Waals surface area contributed by atoms with Crippen LogP contribution in [0.1, 0.15) is 32.9 Å². The summed E-state index contributed by atoms with van der Waals surface area (Å²) in [4.78, 5) is 8.89. The van der Waals surface area contributed by atoms with Gasteiger partial charge in [0.15, 0.2) is 6.23 Å². The highest BCUT2D eigenvalue weighted by Gasteiger charge is 2.09. The summed E-state index contributed by atoms with van der Waals surface area (Å²) in [5.41, 5.74) is 0. The van der Waals surface area contributed by atoms with Gasteiger partial charge in [0.1, 0.15) is 12.4 Å². The summed E-state index contributed by atoms with van der Waals surface area (Å²) in [5.74, 6) is -1.08. The quantitative estimate of drug-likeness (QED) is 0.680. The first-order valence-electron chi connectivity index (χ1n) is 4.85. The van der Waals surface area contributed by atoms with Crippen LogP contribution in [-0.2, 0) is 11.8 Å². The molecule has 0 aliphatic rings. The lowest BCUT2D eigenvalue weighted by molar-refractivity contribution is -0.671. The summed E-state index contributed by atoms with van der Waals surface area (Å²) >= 11 is 0. The molecule has 1 atom stereocenters. The number of carboxylic acids is 1. The fourth-order valence-corrected chi connectivity index (χ4v) is 1.05. The molecule has 0 bridgehead atoms. The monoisotopic (exact) mass is 214 g/mol. The van der Waals surface area contributed by atoms with Crippen LogP contribution in [0.2, 0.25) is 0 Å². The van der Waals surface area contributed by atoms with Crippen molar-refractivity contribution < 1.29 is 19.6 Å². The molecule has 1 aromatic heterocycles. The second kappa shape index (κ2) is 7.00. The lowest BCUT2D eigenvalue weighted by atomic mass is 10.3. The van der Waals surface area contributed by atoms with Crippen molar-refractivity contribution in [3.63, 3.8) is 0 Å². The third-order valence-corrected chi connectivity index (χ3v) is 1.68. The Balaban J connectivity index is 0.000000423. The van der Waals surface area contributed by atoms with Crippen LogP contribution >= 0.6 is 0 Å². The predicted molar refractivity (Wildman–Crippen MR) is 52.5 cm³/mol. The number of hydrogen-bond donors (Lipinski definition) is 1. The van der Waals surface area contributed by atoms with E-state index >= 15 is 0 Å². The second-order valence-electron chi connectivity index (χ2n) is 3.29. The maximum atomic E-state index is 9.48. The van der Waals surface area contributed by atoms with Crippen LogP contribution in [0.15, 0.2) is 18.7 Å². The van der Waals surface area contributed by atoms with Crippen molar-refractivity contribution in [2.75, 3.05) is 0 Å². The number of hydrogen-bond acceptors (Lipinski definition) is 3. The summed E-state index contributed by atoms with van der Waals surface area (Å²) in [5, 5.41) is 18.4. The zero-order chi connectivity index (χ0) is 11.8. The number of aliphatic hydroxyl groups is 1. The number of imidazole rings is 1. The minimum Gasteiger partial charge on any atom is -0.550 e. The molecule has 0 spiro atoms. The largest absolute Gasteiger partial charge is 0.550 e. The summed E-state index contributed by atoms with van der Waals surface area (Å²) in [6.07, 6.45) is 7.12. The first-order chi connectivity index (χ1) is 6.97. The molecule has 86 valence electrons. The van der Waals surface area contributed by atoms with E-state index in [-0.39, 0.29) is 6.23 Å². The third kappa shape index (κ3) is 6.68.